The summed E-state index contributed by atoms with van der Waals surface area (Å²) < 4.78 is 0. The molecule has 0 bridgehead atoms. The summed E-state index contributed by atoms with van der Waals surface area (Å²) in [4.78, 5) is 13.6. The SMILES string of the molecule is CCNCc1cnc(N2CCN(CC)CC2)nc1. The van der Waals surface area contributed by atoms with Gasteiger partial charge in [0.15, 0.2) is 0 Å². The van der Waals surface area contributed by atoms with Crippen molar-refractivity contribution in [1.29, 1.82) is 0 Å². The summed E-state index contributed by atoms with van der Waals surface area (Å²) in [6, 6.07) is 0. The number of hydrogen-bond acceptors (Lipinski definition) is 5. The zero-order chi connectivity index (χ0) is 12.8. The number of hydrogen-bond donors (Lipinski definition) is 1. The lowest BCUT2D eigenvalue weighted by molar-refractivity contribution is 0.270. The van der Waals surface area contributed by atoms with E-state index >= 15 is 0 Å². The molecule has 1 aliphatic heterocycles. The summed E-state index contributed by atoms with van der Waals surface area (Å²) in [5, 5.41) is 3.28. The average molecular weight is 249 g/mol. The Kier molecular flexibility index (Phi) is 4.90. The number of nitrogens with zero attached hydrogens (tertiary/aromatic N) is 4. The Morgan fingerprint density at radius 1 is 1.11 bits per heavy atom. The molecule has 1 N–H and O–H groups in total. The normalized spacial score (nSPS) is 17.1. The van der Waals surface area contributed by atoms with E-state index < -0.39 is 0 Å². The lowest BCUT2D eigenvalue weighted by Gasteiger charge is -2.33. The van der Waals surface area contributed by atoms with Crippen LogP contribution < -0.4 is 10.2 Å². The van der Waals surface area contributed by atoms with Gasteiger partial charge in [-0.2, -0.15) is 0 Å². The quantitative estimate of drug-likeness (QED) is 0.833. The highest BCUT2D eigenvalue weighted by Crippen LogP contribution is 2.10. The standard InChI is InChI=1S/C13H23N5/c1-3-14-9-12-10-15-13(16-11-12)18-7-5-17(4-2)6-8-18/h10-11,14H,3-9H2,1-2H3. The molecule has 0 atom stereocenters. The van der Waals surface area contributed by atoms with Gasteiger partial charge in [-0.1, -0.05) is 13.8 Å². The minimum absolute atomic E-state index is 0.848. The third-order valence-corrected chi connectivity index (χ3v) is 3.37. The van der Waals surface area contributed by atoms with Crippen molar-refractivity contribution < 1.29 is 0 Å². The topological polar surface area (TPSA) is 44.3 Å². The van der Waals surface area contributed by atoms with Crippen LogP contribution in [-0.4, -0.2) is 54.1 Å². The molecule has 0 unspecified atom stereocenters. The molecular weight excluding hydrogens is 226 g/mol. The zero-order valence-corrected chi connectivity index (χ0v) is 11.4. The maximum Gasteiger partial charge on any atom is 0.225 e. The van der Waals surface area contributed by atoms with Crippen molar-refractivity contribution in [2.45, 2.75) is 20.4 Å². The molecule has 1 fully saturated rings. The Labute approximate surface area is 109 Å². The Bertz CT molecular complexity index is 343. The molecule has 0 radical (unpaired) electrons. The fourth-order valence-corrected chi connectivity index (χ4v) is 2.14. The largest absolute Gasteiger partial charge is 0.338 e. The van der Waals surface area contributed by atoms with Crippen molar-refractivity contribution in [3.63, 3.8) is 0 Å². The molecule has 0 aromatic carbocycles. The molecule has 2 heterocycles. The summed E-state index contributed by atoms with van der Waals surface area (Å²) in [7, 11) is 0. The van der Waals surface area contributed by atoms with Gasteiger partial charge in [-0.25, -0.2) is 9.97 Å². The van der Waals surface area contributed by atoms with Gasteiger partial charge in [-0.05, 0) is 13.1 Å². The fourth-order valence-electron chi connectivity index (χ4n) is 2.14. The van der Waals surface area contributed by atoms with Crippen molar-refractivity contribution in [2.24, 2.45) is 0 Å². The second-order valence-corrected chi connectivity index (χ2v) is 4.59. The van der Waals surface area contributed by atoms with E-state index in [-0.39, 0.29) is 0 Å². The van der Waals surface area contributed by atoms with E-state index in [4.69, 9.17) is 0 Å². The fraction of sp³-hybridized carbons (Fsp3) is 0.692. The molecule has 0 saturated carbocycles. The van der Waals surface area contributed by atoms with Crippen LogP contribution in [0, 0.1) is 0 Å². The monoisotopic (exact) mass is 249 g/mol. The Balaban J connectivity index is 1.89. The van der Waals surface area contributed by atoms with E-state index in [1.165, 1.54) is 0 Å². The maximum atomic E-state index is 4.46. The maximum absolute atomic E-state index is 4.46. The number of rotatable bonds is 5. The highest BCUT2D eigenvalue weighted by molar-refractivity contribution is 5.30. The number of likely N-dealkylation sites (N-methyl/N-ethyl adjacent to an activating group) is 1. The summed E-state index contributed by atoms with van der Waals surface area (Å²) in [5.74, 6) is 0.867. The van der Waals surface area contributed by atoms with Crippen LogP contribution in [0.1, 0.15) is 19.4 Å². The summed E-state index contributed by atoms with van der Waals surface area (Å²) in [6.45, 7) is 11.5. The molecule has 0 spiro atoms. The summed E-state index contributed by atoms with van der Waals surface area (Å²) >= 11 is 0. The molecule has 5 heteroatoms. The molecule has 1 aliphatic rings. The second-order valence-electron chi connectivity index (χ2n) is 4.59. The summed E-state index contributed by atoms with van der Waals surface area (Å²) in [6.07, 6.45) is 3.86. The van der Waals surface area contributed by atoms with Crippen molar-refractivity contribution in [3.8, 4) is 0 Å². The molecule has 1 aromatic heterocycles. The Morgan fingerprint density at radius 3 is 2.33 bits per heavy atom. The highest BCUT2D eigenvalue weighted by atomic mass is 15.3. The molecule has 0 amide bonds. The van der Waals surface area contributed by atoms with Crippen LogP contribution in [-0.2, 0) is 6.54 Å². The van der Waals surface area contributed by atoms with Crippen LogP contribution in [0.25, 0.3) is 0 Å². The van der Waals surface area contributed by atoms with Crippen molar-refractivity contribution in [2.75, 3.05) is 44.2 Å². The van der Waals surface area contributed by atoms with Gasteiger partial charge in [-0.3, -0.25) is 0 Å². The first-order chi connectivity index (χ1) is 8.83. The molecule has 0 aliphatic carbocycles. The van der Waals surface area contributed by atoms with Crippen molar-refractivity contribution >= 4 is 5.95 Å². The third kappa shape index (κ3) is 3.40. The van der Waals surface area contributed by atoms with Gasteiger partial charge in [0.1, 0.15) is 0 Å². The van der Waals surface area contributed by atoms with Crippen molar-refractivity contribution in [3.05, 3.63) is 18.0 Å². The number of piperazine rings is 1. The first-order valence-corrected chi connectivity index (χ1v) is 6.82. The van der Waals surface area contributed by atoms with Crippen LogP contribution >= 0.6 is 0 Å². The smallest absolute Gasteiger partial charge is 0.225 e. The van der Waals surface area contributed by atoms with Gasteiger partial charge in [0.2, 0.25) is 5.95 Å². The van der Waals surface area contributed by atoms with E-state index in [0.29, 0.717) is 0 Å². The molecule has 1 aromatic rings. The Hall–Kier alpha value is -1.20. The predicted molar refractivity (Wildman–Crippen MR) is 73.7 cm³/mol. The lowest BCUT2D eigenvalue weighted by atomic mass is 10.3. The van der Waals surface area contributed by atoms with Gasteiger partial charge in [0.25, 0.3) is 0 Å². The number of anilines is 1. The number of aromatic nitrogens is 2. The van der Waals surface area contributed by atoms with Gasteiger partial charge in [0.05, 0.1) is 0 Å². The predicted octanol–water partition coefficient (Wildman–Crippen LogP) is 0.728. The zero-order valence-electron chi connectivity index (χ0n) is 11.4. The first kappa shape index (κ1) is 13.2. The van der Waals surface area contributed by atoms with Crippen LogP contribution in [0.5, 0.6) is 0 Å². The summed E-state index contributed by atoms with van der Waals surface area (Å²) in [5.41, 5.74) is 1.15. The second kappa shape index (κ2) is 6.66. The van der Waals surface area contributed by atoms with E-state index in [2.05, 4.69) is 38.9 Å². The molecular formula is C13H23N5. The molecule has 2 rings (SSSR count). The van der Waals surface area contributed by atoms with Crippen LogP contribution in [0.4, 0.5) is 5.95 Å². The number of nitrogens with one attached hydrogen (secondary N) is 1. The van der Waals surface area contributed by atoms with E-state index in [1.54, 1.807) is 0 Å². The molecule has 5 nitrogen and oxygen atoms in total. The van der Waals surface area contributed by atoms with E-state index in [0.717, 1.165) is 57.3 Å². The van der Waals surface area contributed by atoms with Gasteiger partial charge >= 0.3 is 0 Å². The Morgan fingerprint density at radius 2 is 1.78 bits per heavy atom. The van der Waals surface area contributed by atoms with Gasteiger partial charge in [0, 0.05) is 50.7 Å². The van der Waals surface area contributed by atoms with Gasteiger partial charge < -0.3 is 15.1 Å². The average Bonchev–Trinajstić information content (AvgIpc) is 2.46. The van der Waals surface area contributed by atoms with Crippen molar-refractivity contribution in [1.82, 2.24) is 20.2 Å². The first-order valence-electron chi connectivity index (χ1n) is 6.82. The van der Waals surface area contributed by atoms with Crippen LogP contribution in [0.15, 0.2) is 12.4 Å². The van der Waals surface area contributed by atoms with E-state index in [1.807, 2.05) is 12.4 Å². The van der Waals surface area contributed by atoms with Gasteiger partial charge in [-0.15, -0.1) is 0 Å². The third-order valence-electron chi connectivity index (χ3n) is 3.37. The highest BCUT2D eigenvalue weighted by Gasteiger charge is 2.17. The minimum atomic E-state index is 0.848. The van der Waals surface area contributed by atoms with Crippen LogP contribution in [0.3, 0.4) is 0 Å². The van der Waals surface area contributed by atoms with E-state index in [9.17, 15) is 0 Å². The van der Waals surface area contributed by atoms with Crippen LogP contribution in [0.2, 0.25) is 0 Å². The molecule has 18 heavy (non-hydrogen) atoms. The minimum Gasteiger partial charge on any atom is -0.338 e. The lowest BCUT2D eigenvalue weighted by Crippen LogP contribution is -2.46. The molecule has 100 valence electrons. The molecule has 1 saturated heterocycles.